The Morgan fingerprint density at radius 3 is 2.68 bits per heavy atom. The summed E-state index contributed by atoms with van der Waals surface area (Å²) in [5.41, 5.74) is 0.461. The van der Waals surface area contributed by atoms with Gasteiger partial charge in [0.1, 0.15) is 11.8 Å². The lowest BCUT2D eigenvalue weighted by atomic mass is 10.1. The van der Waals surface area contributed by atoms with Crippen LogP contribution in [0.1, 0.15) is 24.9 Å². The van der Waals surface area contributed by atoms with Crippen molar-refractivity contribution in [1.82, 2.24) is 5.32 Å². The number of hydrogen-bond donors (Lipinski definition) is 3. The molecule has 1 aromatic carbocycles. The molecule has 0 aliphatic rings. The monoisotopic (exact) mass is 267 g/mol. The highest BCUT2D eigenvalue weighted by molar-refractivity contribution is 5.77. The molecule has 0 aromatic heterocycles. The molecule has 1 unspecified atom stereocenters. The average Bonchev–Trinajstić information content (AvgIpc) is 2.36. The predicted octanol–water partition coefficient (Wildman–Crippen LogP) is 1.28. The van der Waals surface area contributed by atoms with Crippen molar-refractivity contribution in [3.8, 4) is 5.75 Å². The second-order valence-electron chi connectivity index (χ2n) is 3.97. The lowest BCUT2D eigenvalue weighted by Crippen LogP contribution is -2.32. The molecule has 6 heteroatoms. The van der Waals surface area contributed by atoms with Gasteiger partial charge in [-0.1, -0.05) is 19.1 Å². The van der Waals surface area contributed by atoms with Gasteiger partial charge in [0.2, 0.25) is 0 Å². The first-order chi connectivity index (χ1) is 9.04. The smallest absolute Gasteiger partial charge is 0.325 e. The lowest BCUT2D eigenvalue weighted by Gasteiger charge is -2.14. The predicted molar refractivity (Wildman–Crippen MR) is 68.2 cm³/mol. The summed E-state index contributed by atoms with van der Waals surface area (Å²) in [4.78, 5) is 21.6. The summed E-state index contributed by atoms with van der Waals surface area (Å²) >= 11 is 0. The van der Waals surface area contributed by atoms with Crippen molar-refractivity contribution >= 4 is 11.9 Å². The second kappa shape index (κ2) is 7.38. The Bertz CT molecular complexity index is 446. The Balaban J connectivity index is 2.83. The number of rotatable bonds is 8. The molecule has 104 valence electrons. The molecular weight excluding hydrogens is 250 g/mol. The fourth-order valence-corrected chi connectivity index (χ4v) is 1.54. The zero-order valence-corrected chi connectivity index (χ0v) is 10.6. The summed E-state index contributed by atoms with van der Waals surface area (Å²) in [7, 11) is 0. The summed E-state index contributed by atoms with van der Waals surface area (Å²) in [5.74, 6) is -1.67. The molecule has 1 atom stereocenters. The summed E-state index contributed by atoms with van der Waals surface area (Å²) in [6, 6.07) is 5.56. The van der Waals surface area contributed by atoms with E-state index in [9.17, 15) is 9.59 Å². The molecule has 0 spiro atoms. The van der Waals surface area contributed by atoms with Gasteiger partial charge in [-0.05, 0) is 24.1 Å². The fourth-order valence-electron chi connectivity index (χ4n) is 1.54. The Kier molecular flexibility index (Phi) is 5.81. The topological polar surface area (TPSA) is 95.9 Å². The van der Waals surface area contributed by atoms with Crippen molar-refractivity contribution in [2.24, 2.45) is 0 Å². The third kappa shape index (κ3) is 4.97. The van der Waals surface area contributed by atoms with Crippen molar-refractivity contribution in [2.75, 3.05) is 13.2 Å². The van der Waals surface area contributed by atoms with Gasteiger partial charge in [0.25, 0.3) is 0 Å². The van der Waals surface area contributed by atoms with Crippen LogP contribution in [0.2, 0.25) is 0 Å². The first-order valence-electron chi connectivity index (χ1n) is 5.95. The van der Waals surface area contributed by atoms with Gasteiger partial charge >= 0.3 is 11.9 Å². The molecule has 3 N–H and O–H groups in total. The van der Waals surface area contributed by atoms with Gasteiger partial charge in [-0.2, -0.15) is 0 Å². The molecule has 0 bridgehead atoms. The maximum absolute atomic E-state index is 11.1. The maximum Gasteiger partial charge on any atom is 0.325 e. The minimum Gasteiger partial charge on any atom is -0.494 e. The number of carboxylic acids is 2. The molecule has 1 rings (SSSR count). The van der Waals surface area contributed by atoms with E-state index in [0.717, 1.165) is 6.42 Å². The number of hydrogen-bond acceptors (Lipinski definition) is 4. The fraction of sp³-hybridized carbons (Fsp3) is 0.385. The van der Waals surface area contributed by atoms with Crippen LogP contribution in [-0.4, -0.2) is 35.3 Å². The van der Waals surface area contributed by atoms with Crippen LogP contribution < -0.4 is 10.1 Å². The van der Waals surface area contributed by atoms with E-state index < -0.39 is 24.5 Å². The van der Waals surface area contributed by atoms with Crippen molar-refractivity contribution in [2.45, 2.75) is 19.4 Å². The van der Waals surface area contributed by atoms with E-state index in [0.29, 0.717) is 17.9 Å². The normalized spacial score (nSPS) is 11.8. The summed E-state index contributed by atoms with van der Waals surface area (Å²) in [5, 5.41) is 20.2. The van der Waals surface area contributed by atoms with Crippen LogP contribution >= 0.6 is 0 Å². The van der Waals surface area contributed by atoms with Crippen LogP contribution in [0.5, 0.6) is 5.75 Å². The summed E-state index contributed by atoms with van der Waals surface area (Å²) < 4.78 is 5.41. The van der Waals surface area contributed by atoms with E-state index in [1.165, 1.54) is 0 Å². The van der Waals surface area contributed by atoms with Crippen LogP contribution in [0.4, 0.5) is 0 Å². The molecule has 6 nitrogen and oxygen atoms in total. The van der Waals surface area contributed by atoms with Gasteiger partial charge in [-0.25, -0.2) is 0 Å². The maximum atomic E-state index is 11.1. The van der Waals surface area contributed by atoms with Crippen molar-refractivity contribution in [3.05, 3.63) is 29.8 Å². The first kappa shape index (κ1) is 15.0. The number of benzene rings is 1. The largest absolute Gasteiger partial charge is 0.494 e. The second-order valence-corrected chi connectivity index (χ2v) is 3.97. The highest BCUT2D eigenvalue weighted by atomic mass is 16.5. The zero-order valence-electron chi connectivity index (χ0n) is 10.6. The average molecular weight is 267 g/mol. The number of carbonyl (C=O) groups is 2. The third-order valence-corrected chi connectivity index (χ3v) is 2.37. The molecule has 0 amide bonds. The Hall–Kier alpha value is -2.08. The number of aliphatic carboxylic acids is 2. The van der Waals surface area contributed by atoms with E-state index in [1.807, 2.05) is 6.92 Å². The highest BCUT2D eigenvalue weighted by Crippen LogP contribution is 2.19. The van der Waals surface area contributed by atoms with Gasteiger partial charge in [0, 0.05) is 0 Å². The van der Waals surface area contributed by atoms with Crippen molar-refractivity contribution in [3.63, 3.8) is 0 Å². The standard InChI is InChI=1S/C13H17NO5/c1-2-6-19-10-5-3-4-9(7-10)12(13(17)18)14-8-11(15)16/h3-5,7,12,14H,2,6,8H2,1H3,(H,15,16)(H,17,18). The van der Waals surface area contributed by atoms with Gasteiger partial charge < -0.3 is 14.9 Å². The molecule has 0 aliphatic carbocycles. The molecule has 1 aromatic rings. The number of ether oxygens (including phenoxy) is 1. The molecule has 0 aliphatic heterocycles. The molecule has 19 heavy (non-hydrogen) atoms. The minimum atomic E-state index is -1.13. The van der Waals surface area contributed by atoms with E-state index in [1.54, 1.807) is 24.3 Å². The van der Waals surface area contributed by atoms with E-state index in [2.05, 4.69) is 5.32 Å². The van der Waals surface area contributed by atoms with Gasteiger partial charge in [0.15, 0.2) is 0 Å². The zero-order chi connectivity index (χ0) is 14.3. The third-order valence-electron chi connectivity index (χ3n) is 2.37. The number of carboxylic acid groups (broad SMARTS) is 2. The Labute approximate surface area is 111 Å². The van der Waals surface area contributed by atoms with E-state index in [-0.39, 0.29) is 0 Å². The Morgan fingerprint density at radius 2 is 2.11 bits per heavy atom. The van der Waals surface area contributed by atoms with Gasteiger partial charge in [-0.15, -0.1) is 0 Å². The molecular formula is C13H17NO5. The minimum absolute atomic E-state index is 0.420. The van der Waals surface area contributed by atoms with E-state index >= 15 is 0 Å². The van der Waals surface area contributed by atoms with Crippen molar-refractivity contribution in [1.29, 1.82) is 0 Å². The quantitative estimate of drug-likeness (QED) is 0.656. The lowest BCUT2D eigenvalue weighted by molar-refractivity contribution is -0.140. The van der Waals surface area contributed by atoms with Crippen molar-refractivity contribution < 1.29 is 24.5 Å². The van der Waals surface area contributed by atoms with Crippen LogP contribution in [-0.2, 0) is 9.59 Å². The number of nitrogens with one attached hydrogen (secondary N) is 1. The van der Waals surface area contributed by atoms with Gasteiger partial charge in [0.05, 0.1) is 13.2 Å². The van der Waals surface area contributed by atoms with Gasteiger partial charge in [-0.3, -0.25) is 14.9 Å². The highest BCUT2D eigenvalue weighted by Gasteiger charge is 2.20. The molecule has 0 saturated carbocycles. The SMILES string of the molecule is CCCOc1cccc(C(NCC(=O)O)C(=O)O)c1. The summed E-state index contributed by atoms with van der Waals surface area (Å²) in [6.45, 7) is 2.10. The van der Waals surface area contributed by atoms with Crippen LogP contribution in [0.3, 0.4) is 0 Å². The van der Waals surface area contributed by atoms with Crippen LogP contribution in [0.15, 0.2) is 24.3 Å². The Morgan fingerprint density at radius 1 is 1.37 bits per heavy atom. The van der Waals surface area contributed by atoms with Crippen LogP contribution in [0.25, 0.3) is 0 Å². The molecule has 0 heterocycles. The first-order valence-corrected chi connectivity index (χ1v) is 5.95. The molecule has 0 saturated heterocycles. The summed E-state index contributed by atoms with van der Waals surface area (Å²) in [6.07, 6.45) is 0.851. The molecule has 0 fully saturated rings. The van der Waals surface area contributed by atoms with E-state index in [4.69, 9.17) is 14.9 Å². The van der Waals surface area contributed by atoms with Crippen LogP contribution in [0, 0.1) is 0 Å². The molecule has 0 radical (unpaired) electrons.